The van der Waals surface area contributed by atoms with Crippen LogP contribution in [0.1, 0.15) is 45.9 Å². The molecule has 31 heavy (non-hydrogen) atoms. The Morgan fingerprint density at radius 2 is 1.84 bits per heavy atom. The lowest BCUT2D eigenvalue weighted by Gasteiger charge is -2.15. The van der Waals surface area contributed by atoms with Crippen molar-refractivity contribution in [3.05, 3.63) is 70.9 Å². The Hall–Kier alpha value is -2.91. The van der Waals surface area contributed by atoms with Crippen LogP contribution in [0.2, 0.25) is 0 Å². The van der Waals surface area contributed by atoms with E-state index in [1.165, 1.54) is 0 Å². The van der Waals surface area contributed by atoms with Gasteiger partial charge in [-0.25, -0.2) is 8.42 Å². The third-order valence-electron chi connectivity index (χ3n) is 5.53. The van der Waals surface area contributed by atoms with E-state index in [1.807, 2.05) is 12.1 Å². The van der Waals surface area contributed by atoms with Gasteiger partial charge in [0, 0.05) is 18.7 Å². The smallest absolute Gasteiger partial charge is 0.251 e. The molecule has 0 spiro atoms. The summed E-state index contributed by atoms with van der Waals surface area (Å²) in [7, 11) is -3.53. The molecule has 2 aromatic heterocycles. The van der Waals surface area contributed by atoms with Gasteiger partial charge in [-0.05, 0) is 56.5 Å². The summed E-state index contributed by atoms with van der Waals surface area (Å²) in [6.45, 7) is 5.41. The number of nitrogens with one attached hydrogen (secondary N) is 1. The van der Waals surface area contributed by atoms with Gasteiger partial charge in [-0.1, -0.05) is 12.1 Å². The summed E-state index contributed by atoms with van der Waals surface area (Å²) in [6.07, 6.45) is 3.36. The summed E-state index contributed by atoms with van der Waals surface area (Å²) in [4.78, 5) is 12.6. The van der Waals surface area contributed by atoms with Gasteiger partial charge in [-0.2, -0.15) is 9.40 Å². The van der Waals surface area contributed by atoms with E-state index >= 15 is 0 Å². The fraction of sp³-hybridized carbons (Fsp3) is 0.364. The molecule has 1 aromatic carbocycles. The minimum atomic E-state index is -3.53. The Morgan fingerprint density at radius 1 is 1.13 bits per heavy atom. The zero-order valence-electron chi connectivity index (χ0n) is 17.7. The predicted octanol–water partition coefficient (Wildman–Crippen LogP) is 2.86. The third kappa shape index (κ3) is 4.42. The summed E-state index contributed by atoms with van der Waals surface area (Å²) in [6, 6.07) is 10.8. The summed E-state index contributed by atoms with van der Waals surface area (Å²) in [5.74, 6) is 0.502. The number of carbonyl (C=O) groups excluding carboxylic acids is 1. The van der Waals surface area contributed by atoms with Gasteiger partial charge in [0.2, 0.25) is 10.0 Å². The van der Waals surface area contributed by atoms with E-state index < -0.39 is 10.0 Å². The highest BCUT2D eigenvalue weighted by atomic mass is 32.2. The van der Waals surface area contributed by atoms with Crippen molar-refractivity contribution in [2.24, 2.45) is 0 Å². The lowest BCUT2D eigenvalue weighted by atomic mass is 10.1. The number of aromatic nitrogens is 2. The standard InChI is InChI=1S/C22H26N4O4S/c1-16-21(31(28,29)25-11-3-4-12-25)17(2)26(24-16)15-18-7-9-19(10-8-18)22(27)23-14-20-6-5-13-30-20/h5-10,13H,3-4,11-12,14-15H2,1-2H3,(H,23,27). The monoisotopic (exact) mass is 442 g/mol. The molecule has 0 bridgehead atoms. The second-order valence-electron chi connectivity index (χ2n) is 7.73. The molecule has 0 atom stereocenters. The van der Waals surface area contributed by atoms with Crippen molar-refractivity contribution in [2.75, 3.05) is 13.1 Å². The number of carbonyl (C=O) groups is 1. The number of aryl methyl sites for hydroxylation is 1. The van der Waals surface area contributed by atoms with Gasteiger partial charge in [0.05, 0.1) is 30.7 Å². The predicted molar refractivity (Wildman–Crippen MR) is 115 cm³/mol. The average Bonchev–Trinajstić information content (AvgIpc) is 3.50. The molecule has 1 aliphatic heterocycles. The topological polar surface area (TPSA) is 97.4 Å². The second-order valence-corrected chi connectivity index (χ2v) is 9.60. The molecule has 0 aliphatic carbocycles. The Morgan fingerprint density at radius 3 is 2.48 bits per heavy atom. The quantitative estimate of drug-likeness (QED) is 0.607. The minimum absolute atomic E-state index is 0.187. The Bertz CT molecular complexity index is 1160. The molecular formula is C22H26N4O4S. The van der Waals surface area contributed by atoms with Crippen molar-refractivity contribution in [1.29, 1.82) is 0 Å². The van der Waals surface area contributed by atoms with Crippen LogP contribution in [-0.4, -0.2) is 41.5 Å². The van der Waals surface area contributed by atoms with Gasteiger partial charge in [-0.15, -0.1) is 0 Å². The highest BCUT2D eigenvalue weighted by Gasteiger charge is 2.32. The fourth-order valence-electron chi connectivity index (χ4n) is 3.88. The number of hydrogen-bond acceptors (Lipinski definition) is 5. The van der Waals surface area contributed by atoms with Crippen LogP contribution in [0.5, 0.6) is 0 Å². The van der Waals surface area contributed by atoms with Crippen molar-refractivity contribution >= 4 is 15.9 Å². The fourth-order valence-corrected chi connectivity index (χ4v) is 5.77. The molecule has 1 N–H and O–H groups in total. The summed E-state index contributed by atoms with van der Waals surface area (Å²) in [5.41, 5.74) is 2.61. The highest BCUT2D eigenvalue weighted by Crippen LogP contribution is 2.26. The summed E-state index contributed by atoms with van der Waals surface area (Å²) in [5, 5.41) is 7.29. The van der Waals surface area contributed by atoms with E-state index in [9.17, 15) is 13.2 Å². The van der Waals surface area contributed by atoms with Crippen LogP contribution in [0, 0.1) is 13.8 Å². The van der Waals surface area contributed by atoms with E-state index in [4.69, 9.17) is 4.42 Å². The van der Waals surface area contributed by atoms with E-state index in [1.54, 1.807) is 53.4 Å². The van der Waals surface area contributed by atoms with Crippen LogP contribution in [-0.2, 0) is 23.1 Å². The van der Waals surface area contributed by atoms with Crippen LogP contribution in [0.15, 0.2) is 52.0 Å². The maximum Gasteiger partial charge on any atom is 0.251 e. The average molecular weight is 443 g/mol. The normalized spacial score (nSPS) is 14.8. The molecule has 0 unspecified atom stereocenters. The first-order valence-corrected chi connectivity index (χ1v) is 11.7. The molecule has 9 heteroatoms. The summed E-state index contributed by atoms with van der Waals surface area (Å²) < 4.78 is 34.5. The lowest BCUT2D eigenvalue weighted by Crippen LogP contribution is -2.28. The van der Waals surface area contributed by atoms with Gasteiger partial charge in [0.25, 0.3) is 5.91 Å². The van der Waals surface area contributed by atoms with Crippen molar-refractivity contribution in [1.82, 2.24) is 19.4 Å². The zero-order valence-corrected chi connectivity index (χ0v) is 18.5. The van der Waals surface area contributed by atoms with Crippen LogP contribution in [0.25, 0.3) is 0 Å². The number of rotatable bonds is 7. The van der Waals surface area contributed by atoms with E-state index in [0.717, 1.165) is 18.4 Å². The molecular weight excluding hydrogens is 416 g/mol. The van der Waals surface area contributed by atoms with E-state index in [-0.39, 0.29) is 5.91 Å². The molecule has 0 radical (unpaired) electrons. The first-order chi connectivity index (χ1) is 14.9. The van der Waals surface area contributed by atoms with Crippen LogP contribution >= 0.6 is 0 Å². The molecule has 1 amide bonds. The third-order valence-corrected chi connectivity index (χ3v) is 7.68. The number of amides is 1. The number of sulfonamides is 1. The molecule has 0 saturated carbocycles. The number of nitrogens with zero attached hydrogens (tertiary/aromatic N) is 3. The zero-order chi connectivity index (χ0) is 22.0. The summed E-state index contributed by atoms with van der Waals surface area (Å²) >= 11 is 0. The Balaban J connectivity index is 1.46. The minimum Gasteiger partial charge on any atom is -0.467 e. The first kappa shape index (κ1) is 21.3. The van der Waals surface area contributed by atoms with Crippen LogP contribution in [0.3, 0.4) is 0 Å². The maximum atomic E-state index is 13.0. The van der Waals surface area contributed by atoms with Gasteiger partial charge in [0.1, 0.15) is 10.7 Å². The molecule has 8 nitrogen and oxygen atoms in total. The van der Waals surface area contributed by atoms with E-state index in [2.05, 4.69) is 10.4 Å². The molecule has 3 aromatic rings. The lowest BCUT2D eigenvalue weighted by molar-refractivity contribution is 0.0948. The second kappa shape index (κ2) is 8.68. The van der Waals surface area contributed by atoms with Crippen LogP contribution in [0.4, 0.5) is 0 Å². The molecule has 3 heterocycles. The molecule has 1 aliphatic rings. The number of benzene rings is 1. The highest BCUT2D eigenvalue weighted by molar-refractivity contribution is 7.89. The molecule has 4 rings (SSSR count). The SMILES string of the molecule is Cc1nn(Cc2ccc(C(=O)NCc3ccco3)cc2)c(C)c1S(=O)(=O)N1CCCC1. The number of hydrogen-bond donors (Lipinski definition) is 1. The Kier molecular flexibility index (Phi) is 5.97. The van der Waals surface area contributed by atoms with Gasteiger partial charge in [0.15, 0.2) is 0 Å². The van der Waals surface area contributed by atoms with Crippen molar-refractivity contribution in [3.63, 3.8) is 0 Å². The largest absolute Gasteiger partial charge is 0.467 e. The molecule has 1 fully saturated rings. The van der Waals surface area contributed by atoms with E-state index in [0.29, 0.717) is 53.8 Å². The van der Waals surface area contributed by atoms with Crippen molar-refractivity contribution < 1.29 is 17.6 Å². The van der Waals surface area contributed by atoms with Gasteiger partial charge < -0.3 is 9.73 Å². The van der Waals surface area contributed by atoms with Crippen LogP contribution < -0.4 is 5.32 Å². The molecule has 164 valence electrons. The first-order valence-electron chi connectivity index (χ1n) is 10.3. The molecule has 1 saturated heterocycles. The van der Waals surface area contributed by atoms with Gasteiger partial charge in [-0.3, -0.25) is 9.48 Å². The Labute approximate surface area is 181 Å². The van der Waals surface area contributed by atoms with Gasteiger partial charge >= 0.3 is 0 Å². The maximum absolute atomic E-state index is 13.0. The van der Waals surface area contributed by atoms with Crippen molar-refractivity contribution in [2.45, 2.75) is 44.7 Å². The number of furan rings is 1. The van der Waals surface area contributed by atoms with Crippen molar-refractivity contribution in [3.8, 4) is 0 Å².